The van der Waals surface area contributed by atoms with E-state index in [1.807, 2.05) is 0 Å². The van der Waals surface area contributed by atoms with Crippen LogP contribution in [0, 0.1) is 0 Å². The van der Waals surface area contributed by atoms with Crippen LogP contribution < -0.4 is 10.5 Å². The maximum Gasteiger partial charge on any atom is 0.211 e. The van der Waals surface area contributed by atoms with Gasteiger partial charge in [0, 0.05) is 12.1 Å². The highest BCUT2D eigenvalue weighted by atomic mass is 32.2. The van der Waals surface area contributed by atoms with Gasteiger partial charge in [0.05, 0.1) is 18.3 Å². The summed E-state index contributed by atoms with van der Waals surface area (Å²) in [4.78, 5) is 0. The topological polar surface area (TPSA) is 85.3 Å². The Kier molecular flexibility index (Phi) is 4.12. The Morgan fingerprint density at radius 2 is 2.29 bits per heavy atom. The molecular weight excluding hydrogens is 204 g/mol. The van der Waals surface area contributed by atoms with Crippen LogP contribution in [0.5, 0.6) is 0 Å². The zero-order valence-electron chi connectivity index (χ0n) is 7.77. The number of nitrogens with two attached hydrogens (primary N) is 1. The lowest BCUT2D eigenvalue weighted by molar-refractivity contribution is 0.561. The number of hydrogen-bond acceptors (Lipinski definition) is 4. The minimum atomic E-state index is -3.19. The number of sulfonamides is 1. The van der Waals surface area contributed by atoms with Crippen LogP contribution in [0.4, 0.5) is 0 Å². The van der Waals surface area contributed by atoms with E-state index in [-0.39, 0.29) is 12.3 Å². The molecule has 0 amide bonds. The van der Waals surface area contributed by atoms with Crippen LogP contribution in [0.3, 0.4) is 0 Å². The standard InChI is InChI=1S/C8H14N2O3S/c9-3-1-5-14(11,12)10-6-8-2-4-13-7-8/h2,4,7,10H,1,3,5-6,9H2. The van der Waals surface area contributed by atoms with Crippen molar-refractivity contribution in [1.29, 1.82) is 0 Å². The molecule has 0 aliphatic heterocycles. The minimum Gasteiger partial charge on any atom is -0.472 e. The van der Waals surface area contributed by atoms with E-state index in [1.54, 1.807) is 6.07 Å². The quantitative estimate of drug-likeness (QED) is 0.706. The Balaban J connectivity index is 2.37. The Morgan fingerprint density at radius 1 is 1.50 bits per heavy atom. The van der Waals surface area contributed by atoms with E-state index >= 15 is 0 Å². The third-order valence-corrected chi connectivity index (χ3v) is 3.10. The van der Waals surface area contributed by atoms with Gasteiger partial charge in [-0.3, -0.25) is 0 Å². The molecule has 0 spiro atoms. The third kappa shape index (κ3) is 3.91. The second-order valence-electron chi connectivity index (χ2n) is 2.91. The van der Waals surface area contributed by atoms with Gasteiger partial charge in [-0.1, -0.05) is 0 Å². The predicted octanol–water partition coefficient (Wildman–Crippen LogP) is 0.0478. The molecule has 0 atom stereocenters. The van der Waals surface area contributed by atoms with Crippen LogP contribution in [0.1, 0.15) is 12.0 Å². The molecule has 1 rings (SSSR count). The molecule has 0 fully saturated rings. The second kappa shape index (κ2) is 5.14. The fraction of sp³-hybridized carbons (Fsp3) is 0.500. The first-order chi connectivity index (χ1) is 6.64. The molecule has 14 heavy (non-hydrogen) atoms. The maximum atomic E-state index is 11.3. The van der Waals surface area contributed by atoms with Crippen LogP contribution >= 0.6 is 0 Å². The molecule has 0 aliphatic rings. The van der Waals surface area contributed by atoms with E-state index in [0.29, 0.717) is 13.0 Å². The summed E-state index contributed by atoms with van der Waals surface area (Å²) >= 11 is 0. The summed E-state index contributed by atoms with van der Waals surface area (Å²) in [5.41, 5.74) is 6.03. The van der Waals surface area contributed by atoms with Crippen LogP contribution in [0.25, 0.3) is 0 Å². The van der Waals surface area contributed by atoms with E-state index in [4.69, 9.17) is 10.2 Å². The zero-order chi connectivity index (χ0) is 10.4. The van der Waals surface area contributed by atoms with Crippen LogP contribution in [-0.4, -0.2) is 20.7 Å². The highest BCUT2D eigenvalue weighted by Crippen LogP contribution is 2.00. The molecule has 5 nitrogen and oxygen atoms in total. The van der Waals surface area contributed by atoms with Crippen molar-refractivity contribution >= 4 is 10.0 Å². The first kappa shape index (κ1) is 11.2. The van der Waals surface area contributed by atoms with E-state index < -0.39 is 10.0 Å². The highest BCUT2D eigenvalue weighted by Gasteiger charge is 2.08. The van der Waals surface area contributed by atoms with Crippen molar-refractivity contribution in [2.75, 3.05) is 12.3 Å². The molecule has 1 aromatic rings. The third-order valence-electron chi connectivity index (χ3n) is 1.69. The Morgan fingerprint density at radius 3 is 2.86 bits per heavy atom. The van der Waals surface area contributed by atoms with Crippen molar-refractivity contribution in [3.05, 3.63) is 24.2 Å². The lowest BCUT2D eigenvalue weighted by Crippen LogP contribution is -2.26. The van der Waals surface area contributed by atoms with Crippen LogP contribution in [0.15, 0.2) is 23.0 Å². The van der Waals surface area contributed by atoms with Crippen molar-refractivity contribution in [3.8, 4) is 0 Å². The van der Waals surface area contributed by atoms with Gasteiger partial charge in [-0.25, -0.2) is 13.1 Å². The smallest absolute Gasteiger partial charge is 0.211 e. The van der Waals surface area contributed by atoms with Crippen molar-refractivity contribution < 1.29 is 12.8 Å². The summed E-state index contributed by atoms with van der Waals surface area (Å²) in [5.74, 6) is 0.0708. The fourth-order valence-corrected chi connectivity index (χ4v) is 2.01. The summed E-state index contributed by atoms with van der Waals surface area (Å²) in [6, 6.07) is 1.71. The lowest BCUT2D eigenvalue weighted by atomic mass is 10.4. The predicted molar refractivity (Wildman–Crippen MR) is 53.0 cm³/mol. The average Bonchev–Trinajstić information content (AvgIpc) is 2.64. The summed E-state index contributed by atoms with van der Waals surface area (Å²) in [7, 11) is -3.19. The van der Waals surface area contributed by atoms with E-state index in [2.05, 4.69) is 4.72 Å². The molecule has 80 valence electrons. The van der Waals surface area contributed by atoms with E-state index in [9.17, 15) is 8.42 Å². The van der Waals surface area contributed by atoms with Crippen molar-refractivity contribution in [3.63, 3.8) is 0 Å². The second-order valence-corrected chi connectivity index (χ2v) is 4.84. The number of nitrogens with one attached hydrogen (secondary N) is 1. The fourth-order valence-electron chi connectivity index (χ4n) is 0.932. The Labute approximate surface area is 83.3 Å². The molecule has 0 saturated heterocycles. The average molecular weight is 218 g/mol. The van der Waals surface area contributed by atoms with Gasteiger partial charge in [-0.2, -0.15) is 0 Å². The van der Waals surface area contributed by atoms with Crippen LogP contribution in [0.2, 0.25) is 0 Å². The first-order valence-electron chi connectivity index (χ1n) is 4.32. The highest BCUT2D eigenvalue weighted by molar-refractivity contribution is 7.89. The van der Waals surface area contributed by atoms with Gasteiger partial charge < -0.3 is 10.2 Å². The molecule has 0 aromatic carbocycles. The molecule has 0 saturated carbocycles. The van der Waals surface area contributed by atoms with Gasteiger partial charge in [0.2, 0.25) is 10.0 Å². The molecule has 1 aromatic heterocycles. The molecule has 0 bridgehead atoms. The number of hydrogen-bond donors (Lipinski definition) is 2. The van der Waals surface area contributed by atoms with Crippen molar-refractivity contribution in [2.45, 2.75) is 13.0 Å². The SMILES string of the molecule is NCCCS(=O)(=O)NCc1ccoc1. The van der Waals surface area contributed by atoms with Crippen LogP contribution in [-0.2, 0) is 16.6 Å². The minimum absolute atomic E-state index is 0.0708. The molecule has 1 heterocycles. The molecule has 6 heteroatoms. The summed E-state index contributed by atoms with van der Waals surface area (Å²) in [6.07, 6.45) is 3.48. The van der Waals surface area contributed by atoms with Gasteiger partial charge in [-0.15, -0.1) is 0 Å². The van der Waals surface area contributed by atoms with Gasteiger partial charge in [-0.05, 0) is 19.0 Å². The maximum absolute atomic E-state index is 11.3. The summed E-state index contributed by atoms with van der Waals surface area (Å²) in [6.45, 7) is 0.649. The van der Waals surface area contributed by atoms with Gasteiger partial charge in [0.1, 0.15) is 0 Å². The largest absolute Gasteiger partial charge is 0.472 e. The monoisotopic (exact) mass is 218 g/mol. The van der Waals surface area contributed by atoms with Gasteiger partial charge in [0.25, 0.3) is 0 Å². The number of rotatable bonds is 6. The Hall–Kier alpha value is -0.850. The summed E-state index contributed by atoms with van der Waals surface area (Å²) < 4.78 is 29.8. The molecule has 3 N–H and O–H groups in total. The lowest BCUT2D eigenvalue weighted by Gasteiger charge is -2.03. The van der Waals surface area contributed by atoms with E-state index in [0.717, 1.165) is 5.56 Å². The van der Waals surface area contributed by atoms with Crippen molar-refractivity contribution in [1.82, 2.24) is 4.72 Å². The molecule has 0 radical (unpaired) electrons. The van der Waals surface area contributed by atoms with Gasteiger partial charge >= 0.3 is 0 Å². The summed E-state index contributed by atoms with van der Waals surface area (Å²) in [5, 5.41) is 0. The van der Waals surface area contributed by atoms with Crippen molar-refractivity contribution in [2.24, 2.45) is 5.73 Å². The zero-order valence-corrected chi connectivity index (χ0v) is 8.59. The number of furan rings is 1. The Bertz CT molecular complexity index is 345. The molecule has 0 aliphatic carbocycles. The molecule has 0 unspecified atom stereocenters. The van der Waals surface area contributed by atoms with E-state index in [1.165, 1.54) is 12.5 Å². The molecular formula is C8H14N2O3S. The van der Waals surface area contributed by atoms with Gasteiger partial charge in [0.15, 0.2) is 0 Å². The first-order valence-corrected chi connectivity index (χ1v) is 5.98. The normalized spacial score (nSPS) is 11.8.